The van der Waals surface area contributed by atoms with Gasteiger partial charge in [0, 0.05) is 6.42 Å². The van der Waals surface area contributed by atoms with Gasteiger partial charge in [-0.05, 0) is 19.3 Å². The van der Waals surface area contributed by atoms with E-state index in [-0.39, 0.29) is 0 Å². The number of piperazine rings is 1. The molecule has 15 heavy (non-hydrogen) atoms. The monoisotopic (exact) mass is 214 g/mol. The van der Waals surface area contributed by atoms with Gasteiger partial charge in [-0.2, -0.15) is 0 Å². The van der Waals surface area contributed by atoms with Crippen LogP contribution in [0.15, 0.2) is 0 Å². The Hall–Kier alpha value is -0.120. The van der Waals surface area contributed by atoms with E-state index in [9.17, 15) is 0 Å². The lowest BCUT2D eigenvalue weighted by molar-refractivity contribution is -0.952. The average molecular weight is 214 g/mol. The van der Waals surface area contributed by atoms with E-state index in [1.54, 1.807) is 0 Å². The topological polar surface area (TPSA) is 25.5 Å². The molecule has 3 heteroatoms. The summed E-state index contributed by atoms with van der Waals surface area (Å²) in [6, 6.07) is 0. The van der Waals surface area contributed by atoms with E-state index in [4.69, 9.17) is 0 Å². The molecule has 2 rings (SSSR count). The second-order valence-electron chi connectivity index (χ2n) is 5.28. The van der Waals surface area contributed by atoms with Gasteiger partial charge in [0.05, 0.1) is 26.2 Å². The molecule has 3 nitrogen and oxygen atoms in total. The van der Waals surface area contributed by atoms with Crippen molar-refractivity contribution in [2.75, 3.05) is 52.4 Å². The summed E-state index contributed by atoms with van der Waals surface area (Å²) in [6.07, 6.45) is 5.88. The highest BCUT2D eigenvalue weighted by Crippen LogP contribution is 1.94. The number of piperidine rings is 1. The maximum Gasteiger partial charge on any atom is 0.127 e. The molecule has 0 spiro atoms. The molecule has 0 aliphatic carbocycles. The minimum absolute atomic E-state index is 1.35. The van der Waals surface area contributed by atoms with E-state index >= 15 is 0 Å². The van der Waals surface area contributed by atoms with Gasteiger partial charge in [-0.3, -0.25) is 0 Å². The summed E-state index contributed by atoms with van der Waals surface area (Å²) in [5.74, 6) is 0. The fourth-order valence-electron chi connectivity index (χ4n) is 3.02. The predicted octanol–water partition coefficient (Wildman–Crippen LogP) is -3.09. The molecule has 2 fully saturated rings. The third-order valence-corrected chi connectivity index (χ3v) is 4.03. The van der Waals surface area contributed by atoms with Crippen molar-refractivity contribution >= 4 is 0 Å². The van der Waals surface area contributed by atoms with Gasteiger partial charge in [-0.15, -0.1) is 0 Å². The highest BCUT2D eigenvalue weighted by molar-refractivity contribution is 4.46. The molecule has 0 aromatic heterocycles. The summed E-state index contributed by atoms with van der Waals surface area (Å²) < 4.78 is 0. The highest BCUT2D eigenvalue weighted by Gasteiger charge is 2.17. The van der Waals surface area contributed by atoms with Gasteiger partial charge < -0.3 is 15.1 Å². The van der Waals surface area contributed by atoms with Crippen molar-refractivity contribution in [3.05, 3.63) is 0 Å². The molecule has 0 unspecified atom stereocenters. The maximum atomic E-state index is 2.46. The Morgan fingerprint density at radius 1 is 0.733 bits per heavy atom. The Kier molecular flexibility index (Phi) is 4.90. The fourth-order valence-corrected chi connectivity index (χ4v) is 3.02. The van der Waals surface area contributed by atoms with E-state index in [2.05, 4.69) is 5.32 Å². The quantitative estimate of drug-likeness (QED) is 0.442. The number of nitrogens with two attached hydrogens (primary N) is 1. The third-order valence-electron chi connectivity index (χ3n) is 4.03. The zero-order valence-corrected chi connectivity index (χ0v) is 10.1. The van der Waals surface area contributed by atoms with E-state index in [0.717, 1.165) is 0 Å². The highest BCUT2D eigenvalue weighted by atomic mass is 15.2. The molecular weight excluding hydrogens is 186 g/mol. The summed E-state index contributed by atoms with van der Waals surface area (Å²) in [5.41, 5.74) is 0. The fraction of sp³-hybridized carbons (Fsp3) is 1.00. The SMILES string of the molecule is C1CC[NH+](CCC[NH+]2CC[NH2+]CC2)CC1. The average Bonchev–Trinajstić information content (AvgIpc) is 2.32. The molecule has 0 bridgehead atoms. The zero-order valence-electron chi connectivity index (χ0n) is 10.1. The molecule has 0 amide bonds. The van der Waals surface area contributed by atoms with Crippen molar-refractivity contribution in [3.8, 4) is 0 Å². The van der Waals surface area contributed by atoms with E-state index in [1.165, 1.54) is 78.0 Å². The second kappa shape index (κ2) is 6.46. The van der Waals surface area contributed by atoms with Crippen LogP contribution >= 0.6 is 0 Å². The minimum atomic E-state index is 1.35. The van der Waals surface area contributed by atoms with Gasteiger partial charge in [-0.1, -0.05) is 0 Å². The van der Waals surface area contributed by atoms with Crippen molar-refractivity contribution in [2.45, 2.75) is 25.7 Å². The number of hydrogen-bond acceptors (Lipinski definition) is 0. The van der Waals surface area contributed by atoms with Crippen LogP contribution in [0.4, 0.5) is 0 Å². The van der Waals surface area contributed by atoms with Gasteiger partial charge >= 0.3 is 0 Å². The number of rotatable bonds is 4. The number of nitrogens with one attached hydrogen (secondary N) is 2. The molecule has 0 saturated carbocycles. The smallest absolute Gasteiger partial charge is 0.127 e. The van der Waals surface area contributed by atoms with Gasteiger partial charge in [0.15, 0.2) is 0 Å². The van der Waals surface area contributed by atoms with Crippen LogP contribution in [-0.2, 0) is 0 Å². The largest absolute Gasteiger partial charge is 0.337 e. The van der Waals surface area contributed by atoms with Crippen LogP contribution in [0.3, 0.4) is 0 Å². The van der Waals surface area contributed by atoms with E-state index < -0.39 is 0 Å². The van der Waals surface area contributed by atoms with Gasteiger partial charge in [0.1, 0.15) is 26.2 Å². The van der Waals surface area contributed by atoms with E-state index in [0.29, 0.717) is 0 Å². The Morgan fingerprint density at radius 3 is 2.00 bits per heavy atom. The van der Waals surface area contributed by atoms with Gasteiger partial charge in [0.2, 0.25) is 0 Å². The second-order valence-corrected chi connectivity index (χ2v) is 5.28. The Balaban J connectivity index is 1.53. The van der Waals surface area contributed by atoms with Crippen LogP contribution in [0.5, 0.6) is 0 Å². The standard InChI is InChI=1S/C12H25N3/c1-2-7-14(8-3-1)9-4-10-15-11-5-13-6-12-15/h13H,1-12H2/p+3. The van der Waals surface area contributed by atoms with Crippen LogP contribution < -0.4 is 15.1 Å². The summed E-state index contributed by atoms with van der Waals surface area (Å²) in [5, 5.41) is 2.46. The number of quaternary nitrogens is 3. The van der Waals surface area contributed by atoms with Crippen molar-refractivity contribution < 1.29 is 15.1 Å². The van der Waals surface area contributed by atoms with E-state index in [1.807, 2.05) is 9.80 Å². The molecule has 0 aromatic rings. The lowest BCUT2D eigenvalue weighted by atomic mass is 10.1. The van der Waals surface area contributed by atoms with Crippen LogP contribution in [0, 0.1) is 0 Å². The lowest BCUT2D eigenvalue weighted by Gasteiger charge is -2.25. The van der Waals surface area contributed by atoms with Crippen molar-refractivity contribution in [1.82, 2.24) is 0 Å². The number of likely N-dealkylation sites (tertiary alicyclic amines) is 1. The first kappa shape index (κ1) is 11.4. The molecule has 4 N–H and O–H groups in total. The first-order chi connectivity index (χ1) is 7.45. The molecule has 2 aliphatic heterocycles. The molecule has 0 aromatic carbocycles. The van der Waals surface area contributed by atoms with Crippen molar-refractivity contribution in [1.29, 1.82) is 0 Å². The molecule has 2 heterocycles. The van der Waals surface area contributed by atoms with Crippen LogP contribution in [-0.4, -0.2) is 52.4 Å². The Bertz CT molecular complexity index is 142. The van der Waals surface area contributed by atoms with Crippen LogP contribution in [0.25, 0.3) is 0 Å². The Labute approximate surface area is 93.8 Å². The summed E-state index contributed by atoms with van der Waals surface area (Å²) in [6.45, 7) is 11.3. The maximum absolute atomic E-state index is 2.46. The Morgan fingerprint density at radius 2 is 1.33 bits per heavy atom. The first-order valence-electron chi connectivity index (χ1n) is 6.94. The van der Waals surface area contributed by atoms with Crippen molar-refractivity contribution in [2.24, 2.45) is 0 Å². The molecule has 2 aliphatic rings. The van der Waals surface area contributed by atoms with Crippen molar-refractivity contribution in [3.63, 3.8) is 0 Å². The summed E-state index contributed by atoms with van der Waals surface area (Å²) in [4.78, 5) is 3.73. The zero-order chi connectivity index (χ0) is 10.3. The van der Waals surface area contributed by atoms with Gasteiger partial charge in [0.25, 0.3) is 0 Å². The molecule has 0 radical (unpaired) electrons. The third kappa shape index (κ3) is 4.09. The summed E-state index contributed by atoms with van der Waals surface area (Å²) >= 11 is 0. The van der Waals surface area contributed by atoms with Gasteiger partial charge in [-0.25, -0.2) is 0 Å². The molecule has 2 saturated heterocycles. The summed E-state index contributed by atoms with van der Waals surface area (Å²) in [7, 11) is 0. The predicted molar refractivity (Wildman–Crippen MR) is 61.3 cm³/mol. The van der Waals surface area contributed by atoms with Crippen LogP contribution in [0.2, 0.25) is 0 Å². The normalized spacial score (nSPS) is 25.6. The molecule has 0 atom stereocenters. The first-order valence-corrected chi connectivity index (χ1v) is 6.94. The minimum Gasteiger partial charge on any atom is -0.337 e. The number of hydrogen-bond donors (Lipinski definition) is 3. The molecular formula is C12H28N3+3. The van der Waals surface area contributed by atoms with Crippen LogP contribution in [0.1, 0.15) is 25.7 Å². The lowest BCUT2D eigenvalue weighted by Crippen LogP contribution is -3.21. The molecule has 88 valence electrons.